The summed E-state index contributed by atoms with van der Waals surface area (Å²) in [6, 6.07) is 0.735. The Bertz CT molecular complexity index is 1110. The Kier molecular flexibility index (Phi) is 11.6. The first kappa shape index (κ1) is 30.1. The van der Waals surface area contributed by atoms with Gasteiger partial charge in [0.1, 0.15) is 23.9 Å². The Morgan fingerprint density at radius 1 is 0.921 bits per heavy atom. The molecule has 14 nitrogen and oxygen atoms in total. The molecule has 0 aliphatic carbocycles. The van der Waals surface area contributed by atoms with Crippen LogP contribution in [0.5, 0.6) is 5.75 Å². The van der Waals surface area contributed by atoms with E-state index in [-0.39, 0.29) is 30.8 Å². The van der Waals surface area contributed by atoms with Crippen molar-refractivity contribution in [1.82, 2.24) is 25.9 Å². The van der Waals surface area contributed by atoms with Crippen molar-refractivity contribution in [3.63, 3.8) is 0 Å². The lowest BCUT2D eigenvalue weighted by atomic mass is 10.0. The zero-order chi connectivity index (χ0) is 28.2. The van der Waals surface area contributed by atoms with Gasteiger partial charge in [0, 0.05) is 36.9 Å². The molecule has 0 fully saturated rings. The molecule has 15 heteroatoms. The molecule has 1 heterocycles. The number of imidazole rings is 1. The van der Waals surface area contributed by atoms with Crippen LogP contribution in [0.3, 0.4) is 0 Å². The van der Waals surface area contributed by atoms with Crippen LogP contribution in [0.25, 0.3) is 0 Å². The molecule has 0 saturated heterocycles. The van der Waals surface area contributed by atoms with Crippen LogP contribution in [0.15, 0.2) is 36.8 Å². The normalized spacial score (nSPS) is 13.9. The highest BCUT2D eigenvalue weighted by atomic mass is 32.1. The summed E-state index contributed by atoms with van der Waals surface area (Å²) < 4.78 is 0. The number of carboxylic acids is 2. The fourth-order valence-electron chi connectivity index (χ4n) is 3.33. The summed E-state index contributed by atoms with van der Waals surface area (Å²) in [5.74, 6) is -5.00. The maximum absolute atomic E-state index is 13.3. The van der Waals surface area contributed by atoms with Crippen molar-refractivity contribution in [2.45, 2.75) is 49.9 Å². The number of carboxylic acid groups (broad SMARTS) is 2. The summed E-state index contributed by atoms with van der Waals surface area (Å²) >= 11 is 3.98. The van der Waals surface area contributed by atoms with Gasteiger partial charge in [-0.3, -0.25) is 19.2 Å². The average molecular weight is 551 g/mol. The van der Waals surface area contributed by atoms with E-state index in [9.17, 15) is 34.2 Å². The van der Waals surface area contributed by atoms with E-state index < -0.39 is 60.2 Å². The van der Waals surface area contributed by atoms with Crippen LogP contribution in [0.4, 0.5) is 0 Å². The average Bonchev–Trinajstić information content (AvgIpc) is 3.39. The van der Waals surface area contributed by atoms with E-state index in [1.165, 1.54) is 36.8 Å². The Labute approximate surface area is 222 Å². The zero-order valence-electron chi connectivity index (χ0n) is 20.2. The van der Waals surface area contributed by atoms with Crippen molar-refractivity contribution in [2.75, 3.05) is 5.75 Å². The summed E-state index contributed by atoms with van der Waals surface area (Å²) in [6.45, 7) is 0. The van der Waals surface area contributed by atoms with Crippen LogP contribution in [0.1, 0.15) is 24.1 Å². The third-order valence-corrected chi connectivity index (χ3v) is 5.81. The molecule has 2 aromatic rings. The van der Waals surface area contributed by atoms with Crippen molar-refractivity contribution < 1.29 is 39.3 Å². The number of aromatic amines is 1. The number of nitrogens with zero attached hydrogens (tertiary/aromatic N) is 1. The molecule has 0 bridgehead atoms. The summed E-state index contributed by atoms with van der Waals surface area (Å²) in [5.41, 5.74) is 6.74. The quantitative estimate of drug-likeness (QED) is 0.117. The molecule has 2 rings (SSSR count). The van der Waals surface area contributed by atoms with Gasteiger partial charge in [-0.05, 0) is 24.1 Å². The van der Waals surface area contributed by atoms with E-state index in [0.717, 1.165) is 0 Å². The highest BCUT2D eigenvalue weighted by Gasteiger charge is 2.31. The standard InChI is InChI=1S/C23H30N6O8S/c24-15(10-38)20(33)28-18(8-13-9-25-11-26-13)22(35)29-17(7-12-1-3-14(30)4-2-12)21(34)27-16(23(36)37)5-6-19(31)32/h1-4,9,11,15-18,30,38H,5-8,10,24H2,(H,25,26)(H,27,34)(H,28,33)(H,29,35)(H,31,32)(H,36,37). The molecule has 0 saturated carbocycles. The number of carbonyl (C=O) groups excluding carboxylic acids is 3. The Morgan fingerprint density at radius 3 is 2.03 bits per heavy atom. The highest BCUT2D eigenvalue weighted by molar-refractivity contribution is 7.80. The lowest BCUT2D eigenvalue weighted by molar-refractivity contribution is -0.143. The minimum absolute atomic E-state index is 0.0169. The molecule has 0 radical (unpaired) electrons. The van der Waals surface area contributed by atoms with Crippen LogP contribution < -0.4 is 21.7 Å². The number of aromatic hydroxyl groups is 1. The number of aliphatic carboxylic acids is 2. The second-order valence-electron chi connectivity index (χ2n) is 8.39. The van der Waals surface area contributed by atoms with E-state index in [4.69, 9.17) is 10.8 Å². The van der Waals surface area contributed by atoms with Gasteiger partial charge in [0.05, 0.1) is 12.4 Å². The second kappa shape index (κ2) is 14.6. The molecule has 1 aromatic heterocycles. The molecule has 4 atom stereocenters. The summed E-state index contributed by atoms with van der Waals surface area (Å²) in [6.07, 6.45) is 1.82. The number of nitrogens with one attached hydrogen (secondary N) is 4. The molecule has 3 amide bonds. The molecular formula is C23H30N6O8S. The number of benzene rings is 1. The number of rotatable bonds is 15. The molecule has 0 aliphatic rings. The molecule has 206 valence electrons. The second-order valence-corrected chi connectivity index (χ2v) is 8.76. The molecule has 0 aliphatic heterocycles. The predicted octanol–water partition coefficient (Wildman–Crippen LogP) is -1.44. The monoisotopic (exact) mass is 550 g/mol. The fraction of sp³-hybridized carbons (Fsp3) is 0.391. The first-order valence-electron chi connectivity index (χ1n) is 11.5. The van der Waals surface area contributed by atoms with Gasteiger partial charge in [0.2, 0.25) is 17.7 Å². The number of phenols is 1. The van der Waals surface area contributed by atoms with Gasteiger partial charge in [-0.1, -0.05) is 12.1 Å². The van der Waals surface area contributed by atoms with Crippen LogP contribution in [-0.2, 0) is 36.8 Å². The molecule has 0 spiro atoms. The number of aromatic nitrogens is 2. The third-order valence-electron chi connectivity index (χ3n) is 5.42. The number of hydrogen-bond donors (Lipinski definition) is 9. The van der Waals surface area contributed by atoms with Crippen molar-refractivity contribution in [1.29, 1.82) is 0 Å². The van der Waals surface area contributed by atoms with E-state index in [2.05, 4.69) is 38.5 Å². The van der Waals surface area contributed by atoms with E-state index >= 15 is 0 Å². The van der Waals surface area contributed by atoms with Gasteiger partial charge in [-0.2, -0.15) is 12.6 Å². The minimum atomic E-state index is -1.52. The number of carbonyl (C=O) groups is 5. The van der Waals surface area contributed by atoms with Gasteiger partial charge in [0.25, 0.3) is 0 Å². The molecule has 4 unspecified atom stereocenters. The maximum atomic E-state index is 13.3. The molecule has 9 N–H and O–H groups in total. The minimum Gasteiger partial charge on any atom is -0.508 e. The Hall–Kier alpha value is -4.11. The summed E-state index contributed by atoms with van der Waals surface area (Å²) in [7, 11) is 0. The van der Waals surface area contributed by atoms with Gasteiger partial charge in [-0.15, -0.1) is 0 Å². The number of H-pyrrole nitrogens is 1. The SMILES string of the molecule is NC(CS)C(=O)NC(Cc1cnc[nH]1)C(=O)NC(Cc1ccc(O)cc1)C(=O)NC(CCC(=O)O)C(=O)O. The van der Waals surface area contributed by atoms with Gasteiger partial charge in [-0.25, -0.2) is 9.78 Å². The number of phenolic OH excluding ortho intramolecular Hbond substituents is 1. The topological polar surface area (TPSA) is 237 Å². The number of hydrogen-bond acceptors (Lipinski definition) is 9. The lowest BCUT2D eigenvalue weighted by Gasteiger charge is -2.25. The van der Waals surface area contributed by atoms with E-state index in [0.29, 0.717) is 11.3 Å². The maximum Gasteiger partial charge on any atom is 0.326 e. The summed E-state index contributed by atoms with van der Waals surface area (Å²) in [4.78, 5) is 68.0. The van der Waals surface area contributed by atoms with Crippen molar-refractivity contribution in [2.24, 2.45) is 5.73 Å². The van der Waals surface area contributed by atoms with Crippen LogP contribution >= 0.6 is 12.6 Å². The van der Waals surface area contributed by atoms with Gasteiger partial charge < -0.3 is 42.0 Å². The van der Waals surface area contributed by atoms with Crippen molar-refractivity contribution >= 4 is 42.3 Å². The van der Waals surface area contributed by atoms with E-state index in [1.54, 1.807) is 0 Å². The zero-order valence-corrected chi connectivity index (χ0v) is 21.1. The highest BCUT2D eigenvalue weighted by Crippen LogP contribution is 2.12. The molecule has 38 heavy (non-hydrogen) atoms. The fourth-order valence-corrected chi connectivity index (χ4v) is 3.50. The Morgan fingerprint density at radius 2 is 1.50 bits per heavy atom. The smallest absolute Gasteiger partial charge is 0.326 e. The first-order chi connectivity index (χ1) is 18.0. The Balaban J connectivity index is 2.28. The number of thiol groups is 1. The number of amides is 3. The predicted molar refractivity (Wildman–Crippen MR) is 136 cm³/mol. The van der Waals surface area contributed by atoms with Crippen molar-refractivity contribution in [3.05, 3.63) is 48.0 Å². The molecular weight excluding hydrogens is 520 g/mol. The number of nitrogens with two attached hydrogens (primary N) is 1. The van der Waals surface area contributed by atoms with Gasteiger partial charge in [0.15, 0.2) is 0 Å². The van der Waals surface area contributed by atoms with Crippen LogP contribution in [-0.4, -0.2) is 84.9 Å². The molecule has 1 aromatic carbocycles. The van der Waals surface area contributed by atoms with E-state index in [1.807, 2.05) is 0 Å². The summed E-state index contributed by atoms with van der Waals surface area (Å²) in [5, 5.41) is 35.2. The van der Waals surface area contributed by atoms with Crippen LogP contribution in [0, 0.1) is 0 Å². The van der Waals surface area contributed by atoms with Crippen LogP contribution in [0.2, 0.25) is 0 Å². The lowest BCUT2D eigenvalue weighted by Crippen LogP contribution is -2.58. The van der Waals surface area contributed by atoms with Gasteiger partial charge >= 0.3 is 11.9 Å². The third kappa shape index (κ3) is 9.74. The first-order valence-corrected chi connectivity index (χ1v) is 12.1. The largest absolute Gasteiger partial charge is 0.508 e. The van der Waals surface area contributed by atoms with Crippen molar-refractivity contribution in [3.8, 4) is 5.75 Å².